The van der Waals surface area contributed by atoms with Crippen LogP contribution in [0.5, 0.6) is 0 Å². The summed E-state index contributed by atoms with van der Waals surface area (Å²) in [5, 5.41) is 4.44. The van der Waals surface area contributed by atoms with E-state index in [0.29, 0.717) is 0 Å². The van der Waals surface area contributed by atoms with E-state index in [1.54, 1.807) is 0 Å². The van der Waals surface area contributed by atoms with Gasteiger partial charge >= 0.3 is 26.2 Å². The number of rotatable bonds is 2. The number of benzene rings is 2. The number of nitrogens with zero attached hydrogens (tertiary/aromatic N) is 1. The van der Waals surface area contributed by atoms with E-state index < -0.39 is 0 Å². The molecule has 3 rings (SSSR count). The molecule has 0 saturated carbocycles. The zero-order valence-electron chi connectivity index (χ0n) is 16.0. The van der Waals surface area contributed by atoms with E-state index in [0.717, 1.165) is 11.4 Å². The summed E-state index contributed by atoms with van der Waals surface area (Å²) in [4.78, 5) is 0. The Morgan fingerprint density at radius 2 is 1.12 bits per heavy atom. The fourth-order valence-electron chi connectivity index (χ4n) is 2.56. The van der Waals surface area contributed by atoms with Crippen LogP contribution in [0.3, 0.4) is 0 Å². The minimum atomic E-state index is 0. The van der Waals surface area contributed by atoms with Gasteiger partial charge in [0.1, 0.15) is 0 Å². The molecule has 0 radical (unpaired) electrons. The Labute approximate surface area is 190 Å². The normalized spacial score (nSPS) is 13.8. The van der Waals surface area contributed by atoms with Crippen LogP contribution in [0.2, 0.25) is 0 Å². The third-order valence-corrected chi connectivity index (χ3v) is 4.33. The molecule has 0 fully saturated rings. The molecule has 0 atom stereocenters. The largest absolute Gasteiger partial charge is 4.00 e. The third-order valence-electron chi connectivity index (χ3n) is 4.33. The van der Waals surface area contributed by atoms with Crippen molar-refractivity contribution in [1.82, 2.24) is 0 Å². The second kappa shape index (κ2) is 12.5. The first kappa shape index (κ1) is 27.4. The molecular formula is C22H25Cl2NZr. The summed E-state index contributed by atoms with van der Waals surface area (Å²) in [6.07, 6.45) is 3.44. The predicted octanol–water partition coefficient (Wildman–Crippen LogP) is 1.14. The van der Waals surface area contributed by atoms with Gasteiger partial charge in [-0.1, -0.05) is 93.8 Å². The van der Waals surface area contributed by atoms with Crippen molar-refractivity contribution in [2.75, 3.05) is 0 Å². The van der Waals surface area contributed by atoms with Crippen molar-refractivity contribution in [2.45, 2.75) is 34.6 Å². The topological polar surface area (TPSA) is 14.1 Å². The van der Waals surface area contributed by atoms with Crippen LogP contribution in [0.15, 0.2) is 77.4 Å². The molecule has 1 nitrogen and oxygen atoms in total. The Hall–Kier alpha value is -0.817. The molecule has 0 N–H and O–H groups in total. The van der Waals surface area contributed by atoms with Gasteiger partial charge in [0.25, 0.3) is 0 Å². The van der Waals surface area contributed by atoms with E-state index in [1.165, 1.54) is 16.7 Å². The Balaban J connectivity index is 0. The molecule has 0 heterocycles. The van der Waals surface area contributed by atoms with Gasteiger partial charge in [-0.15, -0.1) is 18.3 Å². The maximum Gasteiger partial charge on any atom is 4.00 e. The van der Waals surface area contributed by atoms with Crippen molar-refractivity contribution >= 4 is 11.4 Å². The first-order valence-electron chi connectivity index (χ1n) is 8.02. The van der Waals surface area contributed by atoms with Gasteiger partial charge in [-0.05, 0) is 0 Å². The minimum absolute atomic E-state index is 0. The van der Waals surface area contributed by atoms with Crippen molar-refractivity contribution in [2.24, 2.45) is 5.41 Å². The van der Waals surface area contributed by atoms with E-state index in [2.05, 4.69) is 46.0 Å². The van der Waals surface area contributed by atoms with Crippen LogP contribution >= 0.6 is 0 Å². The van der Waals surface area contributed by atoms with Crippen LogP contribution in [0, 0.1) is 11.5 Å². The molecule has 1 aliphatic rings. The van der Waals surface area contributed by atoms with Crippen LogP contribution in [0.4, 0.5) is 11.4 Å². The molecule has 0 bridgehead atoms. The van der Waals surface area contributed by atoms with Gasteiger partial charge in [-0.3, -0.25) is 6.08 Å². The van der Waals surface area contributed by atoms with Crippen molar-refractivity contribution in [1.29, 1.82) is 0 Å². The van der Waals surface area contributed by atoms with Gasteiger partial charge < -0.3 is 30.1 Å². The van der Waals surface area contributed by atoms with Gasteiger partial charge in [-0.25, -0.2) is 5.57 Å². The number of hydrogen-bond donors (Lipinski definition) is 0. The fraction of sp³-hybridized carbons (Fsp3) is 0.273. The van der Waals surface area contributed by atoms with E-state index in [-0.39, 0.29) is 56.4 Å². The summed E-state index contributed by atoms with van der Waals surface area (Å²) in [6.45, 7) is 10.9. The van der Waals surface area contributed by atoms with Crippen molar-refractivity contribution < 1.29 is 51.0 Å². The molecule has 0 aromatic heterocycles. The average Bonchev–Trinajstić information content (AvgIpc) is 2.72. The van der Waals surface area contributed by atoms with E-state index in [4.69, 9.17) is 0 Å². The number of para-hydroxylation sites is 2. The molecule has 2 aromatic carbocycles. The van der Waals surface area contributed by atoms with E-state index >= 15 is 0 Å². The number of halogens is 2. The molecule has 0 saturated heterocycles. The Morgan fingerprint density at radius 1 is 0.731 bits per heavy atom. The molecule has 1 aliphatic carbocycles. The van der Waals surface area contributed by atoms with Crippen LogP contribution in [-0.2, 0) is 26.2 Å². The quantitative estimate of drug-likeness (QED) is 0.591. The summed E-state index contributed by atoms with van der Waals surface area (Å²) in [7, 11) is 0. The van der Waals surface area contributed by atoms with Crippen LogP contribution in [0.25, 0.3) is 5.32 Å². The van der Waals surface area contributed by atoms with Gasteiger partial charge in [-0.2, -0.15) is 11.1 Å². The Kier molecular flexibility index (Phi) is 13.2. The maximum atomic E-state index is 4.44. The third kappa shape index (κ3) is 7.82. The van der Waals surface area contributed by atoms with Crippen molar-refractivity contribution in [3.8, 4) is 0 Å². The van der Waals surface area contributed by atoms with Crippen LogP contribution < -0.4 is 24.8 Å². The summed E-state index contributed by atoms with van der Waals surface area (Å²) in [5.74, 6) is 0. The van der Waals surface area contributed by atoms with Gasteiger partial charge in [0, 0.05) is 0 Å². The summed E-state index contributed by atoms with van der Waals surface area (Å²) < 4.78 is 0. The smallest absolute Gasteiger partial charge is 1.00 e. The Morgan fingerprint density at radius 3 is 1.35 bits per heavy atom. The predicted molar refractivity (Wildman–Crippen MR) is 100 cm³/mol. The van der Waals surface area contributed by atoms with Crippen molar-refractivity contribution in [3.05, 3.63) is 88.8 Å². The molecule has 0 spiro atoms. The first-order chi connectivity index (χ1) is 10.9. The van der Waals surface area contributed by atoms with Crippen molar-refractivity contribution in [3.63, 3.8) is 0 Å². The summed E-state index contributed by atoms with van der Waals surface area (Å²) >= 11 is 0. The summed E-state index contributed by atoms with van der Waals surface area (Å²) in [5.41, 5.74) is 6.38. The molecule has 0 unspecified atom stereocenters. The molecule has 2 aromatic rings. The SMILES string of the molecule is CC1=[C-]C(C)(C)C(C)=C1C.[Cl-].[Cl-].[Zr+4].c1ccc([N-]c2ccccc2)cc1. The van der Waals surface area contributed by atoms with E-state index in [1.807, 2.05) is 60.7 Å². The molecule has 136 valence electrons. The molecular weight excluding hydrogens is 440 g/mol. The second-order valence-electron chi connectivity index (χ2n) is 6.41. The van der Waals surface area contributed by atoms with Gasteiger partial charge in [0.2, 0.25) is 0 Å². The first-order valence-corrected chi connectivity index (χ1v) is 8.02. The Bertz CT molecular complexity index is 670. The molecule has 0 amide bonds. The number of allylic oxidation sites excluding steroid dienone is 4. The molecule has 4 heteroatoms. The monoisotopic (exact) mass is 463 g/mol. The zero-order chi connectivity index (χ0) is 16.9. The molecule has 0 aliphatic heterocycles. The van der Waals surface area contributed by atoms with Gasteiger partial charge in [0.15, 0.2) is 0 Å². The second-order valence-corrected chi connectivity index (χ2v) is 6.41. The van der Waals surface area contributed by atoms with E-state index in [9.17, 15) is 0 Å². The fourth-order valence-corrected chi connectivity index (χ4v) is 2.56. The van der Waals surface area contributed by atoms with Crippen LogP contribution in [-0.4, -0.2) is 0 Å². The average molecular weight is 466 g/mol. The van der Waals surface area contributed by atoms with Crippen LogP contribution in [0.1, 0.15) is 34.6 Å². The molecule has 26 heavy (non-hydrogen) atoms. The standard InChI is InChI=1S/C12H10N.C10H15.2ClH.Zr/c1-3-7-11(8-4-1)13-12-9-5-2-6-10-12;1-7-6-10(4,5)9(3)8(7)2;;;/h1-10H;1-5H3;2*1H;/q2*-1;;;+4/p-2. The number of hydrogen-bond acceptors (Lipinski definition) is 0. The van der Waals surface area contributed by atoms with Gasteiger partial charge in [0.05, 0.1) is 0 Å². The maximum absolute atomic E-state index is 4.44. The summed E-state index contributed by atoms with van der Waals surface area (Å²) in [6, 6.07) is 19.9. The zero-order valence-corrected chi connectivity index (χ0v) is 19.9. The minimum Gasteiger partial charge on any atom is -1.00 e.